The summed E-state index contributed by atoms with van der Waals surface area (Å²) < 4.78 is 30.8. The van der Waals surface area contributed by atoms with Crippen LogP contribution in [0.2, 0.25) is 0 Å². The van der Waals surface area contributed by atoms with Gasteiger partial charge in [-0.05, 0) is 31.7 Å². The molecule has 1 aliphatic rings. The first-order chi connectivity index (χ1) is 7.54. The molecule has 0 aromatic heterocycles. The monoisotopic (exact) mass is 250 g/mol. The second kappa shape index (κ2) is 5.95. The fraction of sp³-hybridized carbons (Fsp3) is 1.00. The minimum Gasteiger partial charge on any atom is -0.385 e. The molecule has 0 unspecified atom stereocenters. The average Bonchev–Trinajstić information content (AvgIpc) is 3.02. The molecule has 0 radical (unpaired) electrons. The number of hydrogen-bond acceptors (Lipinski definition) is 4. The average molecular weight is 250 g/mol. The summed E-state index contributed by atoms with van der Waals surface area (Å²) in [6.07, 6.45) is 3.15. The molecule has 0 aliphatic heterocycles. The molecule has 1 fully saturated rings. The number of rotatable bonds is 9. The van der Waals surface area contributed by atoms with Gasteiger partial charge in [0.1, 0.15) is 0 Å². The third-order valence-electron chi connectivity index (χ3n) is 3.08. The van der Waals surface area contributed by atoms with Crippen molar-refractivity contribution < 1.29 is 13.2 Å². The molecule has 0 aromatic rings. The highest BCUT2D eigenvalue weighted by atomic mass is 32.2. The highest BCUT2D eigenvalue weighted by molar-refractivity contribution is 7.89. The Kier molecular flexibility index (Phi) is 5.17. The van der Waals surface area contributed by atoms with E-state index in [2.05, 4.69) is 10.0 Å². The summed E-state index contributed by atoms with van der Waals surface area (Å²) in [5.41, 5.74) is 0.169. The summed E-state index contributed by atoms with van der Waals surface area (Å²) in [4.78, 5) is 0. The Labute approximate surface area is 98.0 Å². The van der Waals surface area contributed by atoms with Gasteiger partial charge in [-0.3, -0.25) is 0 Å². The molecule has 0 bridgehead atoms. The molecule has 5 nitrogen and oxygen atoms in total. The van der Waals surface area contributed by atoms with E-state index in [1.165, 1.54) is 0 Å². The van der Waals surface area contributed by atoms with Crippen LogP contribution in [0, 0.1) is 5.41 Å². The van der Waals surface area contributed by atoms with Crippen LogP contribution in [0.1, 0.15) is 19.3 Å². The van der Waals surface area contributed by atoms with Gasteiger partial charge in [0.05, 0.1) is 5.75 Å². The van der Waals surface area contributed by atoms with Gasteiger partial charge in [-0.1, -0.05) is 0 Å². The third kappa shape index (κ3) is 4.78. The molecule has 0 amide bonds. The normalized spacial score (nSPS) is 18.6. The van der Waals surface area contributed by atoms with Gasteiger partial charge in [0.25, 0.3) is 0 Å². The molecular weight excluding hydrogens is 228 g/mol. The molecule has 2 N–H and O–H groups in total. The second-order valence-corrected chi connectivity index (χ2v) is 6.41. The first-order valence-electron chi connectivity index (χ1n) is 5.64. The van der Waals surface area contributed by atoms with E-state index in [0.29, 0.717) is 19.7 Å². The van der Waals surface area contributed by atoms with Crippen molar-refractivity contribution in [2.24, 2.45) is 5.41 Å². The Bertz CT molecular complexity index is 299. The summed E-state index contributed by atoms with van der Waals surface area (Å²) in [6, 6.07) is 0. The molecule has 0 aromatic carbocycles. The second-order valence-electron chi connectivity index (χ2n) is 4.49. The van der Waals surface area contributed by atoms with Crippen LogP contribution in [0.5, 0.6) is 0 Å². The van der Waals surface area contributed by atoms with Crippen LogP contribution in [0.3, 0.4) is 0 Å². The lowest BCUT2D eigenvalue weighted by Crippen LogP contribution is -2.35. The van der Waals surface area contributed by atoms with Crippen LogP contribution in [0.4, 0.5) is 0 Å². The van der Waals surface area contributed by atoms with Crippen LogP contribution >= 0.6 is 0 Å². The quantitative estimate of drug-likeness (QED) is 0.602. The number of ether oxygens (including phenoxy) is 1. The predicted molar refractivity (Wildman–Crippen MR) is 63.9 cm³/mol. The van der Waals surface area contributed by atoms with Crippen LogP contribution in [0.25, 0.3) is 0 Å². The molecule has 1 aliphatic carbocycles. The van der Waals surface area contributed by atoms with Gasteiger partial charge in [-0.2, -0.15) is 0 Å². The number of nitrogens with one attached hydrogen (secondary N) is 2. The zero-order valence-corrected chi connectivity index (χ0v) is 10.9. The fourth-order valence-corrected chi connectivity index (χ4v) is 2.73. The van der Waals surface area contributed by atoms with Crippen molar-refractivity contribution >= 4 is 10.0 Å². The molecule has 0 heterocycles. The van der Waals surface area contributed by atoms with Crippen molar-refractivity contribution in [1.29, 1.82) is 0 Å². The highest BCUT2D eigenvalue weighted by Crippen LogP contribution is 2.48. The van der Waals surface area contributed by atoms with Crippen LogP contribution in [-0.4, -0.2) is 48.0 Å². The summed E-state index contributed by atoms with van der Waals surface area (Å²) in [6.45, 7) is 1.75. The molecular formula is C10H22N2O3S. The van der Waals surface area contributed by atoms with E-state index in [9.17, 15) is 8.42 Å². The van der Waals surface area contributed by atoms with Gasteiger partial charge in [0.15, 0.2) is 0 Å². The van der Waals surface area contributed by atoms with Crippen molar-refractivity contribution in [3.05, 3.63) is 0 Å². The lowest BCUT2D eigenvalue weighted by Gasteiger charge is -2.15. The van der Waals surface area contributed by atoms with E-state index >= 15 is 0 Å². The van der Waals surface area contributed by atoms with E-state index in [4.69, 9.17) is 4.74 Å². The van der Waals surface area contributed by atoms with E-state index < -0.39 is 10.0 Å². The van der Waals surface area contributed by atoms with Crippen LogP contribution in [-0.2, 0) is 14.8 Å². The third-order valence-corrected chi connectivity index (χ3v) is 4.41. The Morgan fingerprint density at radius 2 is 2.06 bits per heavy atom. The zero-order chi connectivity index (χ0) is 12.1. The van der Waals surface area contributed by atoms with Crippen LogP contribution < -0.4 is 10.0 Å². The number of methoxy groups -OCH3 is 1. The van der Waals surface area contributed by atoms with Gasteiger partial charge in [0.2, 0.25) is 10.0 Å². The molecule has 0 spiro atoms. The molecule has 1 saturated carbocycles. The maximum absolute atomic E-state index is 11.6. The fourth-order valence-electron chi connectivity index (χ4n) is 1.58. The van der Waals surface area contributed by atoms with E-state index in [0.717, 1.165) is 19.3 Å². The van der Waals surface area contributed by atoms with Gasteiger partial charge < -0.3 is 10.1 Å². The van der Waals surface area contributed by atoms with Crippen molar-refractivity contribution in [1.82, 2.24) is 10.0 Å². The van der Waals surface area contributed by atoms with Crippen LogP contribution in [0.15, 0.2) is 0 Å². The first-order valence-corrected chi connectivity index (χ1v) is 7.30. The standard InChI is InChI=1S/C10H22N2O3S/c1-11-6-8-16(13,14)12-9-10(3-4-10)5-7-15-2/h11-12H,3-9H2,1-2H3. The molecule has 1 rings (SSSR count). The molecule has 16 heavy (non-hydrogen) atoms. The maximum atomic E-state index is 11.6. The van der Waals surface area contributed by atoms with Gasteiger partial charge in [0, 0.05) is 26.8 Å². The Balaban J connectivity index is 2.28. The smallest absolute Gasteiger partial charge is 0.212 e. The molecule has 6 heteroatoms. The molecule has 0 saturated heterocycles. The zero-order valence-electron chi connectivity index (χ0n) is 10.1. The van der Waals surface area contributed by atoms with E-state index in [1.807, 2.05) is 0 Å². The molecule has 96 valence electrons. The molecule has 0 atom stereocenters. The summed E-state index contributed by atoms with van der Waals surface area (Å²) in [7, 11) is 0.305. The lowest BCUT2D eigenvalue weighted by molar-refractivity contribution is 0.173. The highest BCUT2D eigenvalue weighted by Gasteiger charge is 2.42. The lowest BCUT2D eigenvalue weighted by atomic mass is 10.0. The Morgan fingerprint density at radius 1 is 1.38 bits per heavy atom. The van der Waals surface area contributed by atoms with Crippen molar-refractivity contribution in [3.63, 3.8) is 0 Å². The SMILES string of the molecule is CNCCS(=O)(=O)NCC1(CCOC)CC1. The van der Waals surface area contributed by atoms with E-state index in [1.54, 1.807) is 14.2 Å². The Morgan fingerprint density at radius 3 is 2.56 bits per heavy atom. The number of sulfonamides is 1. The maximum Gasteiger partial charge on any atom is 0.212 e. The summed E-state index contributed by atoms with van der Waals surface area (Å²) >= 11 is 0. The van der Waals surface area contributed by atoms with Crippen molar-refractivity contribution in [2.75, 3.05) is 39.6 Å². The van der Waals surface area contributed by atoms with Gasteiger partial charge >= 0.3 is 0 Å². The summed E-state index contributed by atoms with van der Waals surface area (Å²) in [5.74, 6) is 0.143. The van der Waals surface area contributed by atoms with E-state index in [-0.39, 0.29) is 11.2 Å². The van der Waals surface area contributed by atoms with Gasteiger partial charge in [-0.25, -0.2) is 13.1 Å². The Hall–Kier alpha value is -0.170. The predicted octanol–water partition coefficient (Wildman–Crippen LogP) is -0.0581. The number of hydrogen-bond donors (Lipinski definition) is 2. The first kappa shape index (κ1) is 13.9. The largest absolute Gasteiger partial charge is 0.385 e. The van der Waals surface area contributed by atoms with Crippen molar-refractivity contribution in [2.45, 2.75) is 19.3 Å². The minimum atomic E-state index is -3.12. The van der Waals surface area contributed by atoms with Crippen molar-refractivity contribution in [3.8, 4) is 0 Å². The summed E-state index contributed by atoms with van der Waals surface area (Å²) in [5, 5.41) is 2.83. The topological polar surface area (TPSA) is 67.4 Å². The van der Waals surface area contributed by atoms with Gasteiger partial charge in [-0.15, -0.1) is 0 Å². The minimum absolute atomic E-state index is 0.143.